The van der Waals surface area contributed by atoms with Crippen molar-refractivity contribution in [2.24, 2.45) is 0 Å². The smallest absolute Gasteiger partial charge is 0.252 e. The van der Waals surface area contributed by atoms with E-state index in [1.807, 2.05) is 24.3 Å². The van der Waals surface area contributed by atoms with Gasteiger partial charge in [0.05, 0.1) is 5.56 Å². The number of benzene rings is 1. The SMILES string of the molecule is CCCCCNC(=O)c1ccc(Nc2cccc(NC(C)=O)c2)nc1. The van der Waals surface area contributed by atoms with E-state index in [4.69, 9.17) is 0 Å². The molecule has 1 aromatic carbocycles. The van der Waals surface area contributed by atoms with E-state index in [2.05, 4.69) is 27.9 Å². The second-order valence-electron chi connectivity index (χ2n) is 5.78. The van der Waals surface area contributed by atoms with Crippen molar-refractivity contribution < 1.29 is 9.59 Å². The Morgan fingerprint density at radius 2 is 1.88 bits per heavy atom. The van der Waals surface area contributed by atoms with E-state index in [-0.39, 0.29) is 11.8 Å². The second kappa shape index (κ2) is 9.42. The van der Waals surface area contributed by atoms with Crippen LogP contribution in [-0.4, -0.2) is 23.3 Å². The van der Waals surface area contributed by atoms with Crippen LogP contribution in [0.2, 0.25) is 0 Å². The van der Waals surface area contributed by atoms with Crippen molar-refractivity contribution in [2.75, 3.05) is 17.2 Å². The fourth-order valence-electron chi connectivity index (χ4n) is 2.31. The zero-order valence-electron chi connectivity index (χ0n) is 14.6. The maximum Gasteiger partial charge on any atom is 0.252 e. The van der Waals surface area contributed by atoms with Crippen LogP contribution in [0, 0.1) is 0 Å². The number of anilines is 3. The van der Waals surface area contributed by atoms with Gasteiger partial charge in [0.25, 0.3) is 5.91 Å². The molecule has 132 valence electrons. The van der Waals surface area contributed by atoms with Crippen LogP contribution in [0.1, 0.15) is 43.5 Å². The third-order valence-electron chi connectivity index (χ3n) is 3.55. The summed E-state index contributed by atoms with van der Waals surface area (Å²) in [5, 5.41) is 8.77. The molecule has 1 aromatic heterocycles. The monoisotopic (exact) mass is 340 g/mol. The number of unbranched alkanes of at least 4 members (excludes halogenated alkanes) is 2. The van der Waals surface area contributed by atoms with Gasteiger partial charge in [0.15, 0.2) is 0 Å². The molecule has 2 aromatic rings. The van der Waals surface area contributed by atoms with Gasteiger partial charge >= 0.3 is 0 Å². The first-order valence-corrected chi connectivity index (χ1v) is 8.47. The normalized spacial score (nSPS) is 10.2. The number of amides is 2. The van der Waals surface area contributed by atoms with Gasteiger partial charge in [-0.3, -0.25) is 9.59 Å². The second-order valence-corrected chi connectivity index (χ2v) is 5.78. The Morgan fingerprint density at radius 1 is 1.08 bits per heavy atom. The molecule has 2 rings (SSSR count). The third kappa shape index (κ3) is 6.25. The topological polar surface area (TPSA) is 83.1 Å². The summed E-state index contributed by atoms with van der Waals surface area (Å²) >= 11 is 0. The number of nitrogens with one attached hydrogen (secondary N) is 3. The average Bonchev–Trinajstić information content (AvgIpc) is 2.59. The summed E-state index contributed by atoms with van der Waals surface area (Å²) in [6, 6.07) is 10.8. The Morgan fingerprint density at radius 3 is 2.56 bits per heavy atom. The highest BCUT2D eigenvalue weighted by molar-refractivity contribution is 5.94. The van der Waals surface area contributed by atoms with Crippen molar-refractivity contribution >= 4 is 29.0 Å². The molecule has 0 aliphatic carbocycles. The van der Waals surface area contributed by atoms with E-state index in [9.17, 15) is 9.59 Å². The maximum atomic E-state index is 12.0. The highest BCUT2D eigenvalue weighted by atomic mass is 16.2. The lowest BCUT2D eigenvalue weighted by molar-refractivity contribution is -0.114. The molecule has 6 heteroatoms. The van der Waals surface area contributed by atoms with Gasteiger partial charge in [-0.15, -0.1) is 0 Å². The van der Waals surface area contributed by atoms with Gasteiger partial charge in [-0.1, -0.05) is 25.8 Å². The Labute approximate surface area is 148 Å². The van der Waals surface area contributed by atoms with Crippen molar-refractivity contribution in [1.29, 1.82) is 0 Å². The molecular weight excluding hydrogens is 316 g/mol. The summed E-state index contributed by atoms with van der Waals surface area (Å²) in [4.78, 5) is 27.4. The van der Waals surface area contributed by atoms with Gasteiger partial charge in [0, 0.05) is 31.0 Å². The molecule has 0 bridgehead atoms. The van der Waals surface area contributed by atoms with Gasteiger partial charge in [-0.25, -0.2) is 4.98 Å². The number of carbonyl (C=O) groups is 2. The van der Waals surface area contributed by atoms with Crippen LogP contribution in [-0.2, 0) is 4.79 Å². The molecule has 0 spiro atoms. The van der Waals surface area contributed by atoms with Crippen molar-refractivity contribution in [2.45, 2.75) is 33.1 Å². The number of pyridine rings is 1. The summed E-state index contributed by atoms with van der Waals surface area (Å²) in [7, 11) is 0. The van der Waals surface area contributed by atoms with Crippen molar-refractivity contribution in [3.63, 3.8) is 0 Å². The standard InChI is InChI=1S/C19H24N4O2/c1-3-4-5-11-20-19(25)15-9-10-18(21-13-15)23-17-8-6-7-16(12-17)22-14(2)24/h6-10,12-13H,3-5,11H2,1-2H3,(H,20,25)(H,21,23)(H,22,24). The predicted molar refractivity (Wildman–Crippen MR) is 100 cm³/mol. The summed E-state index contributed by atoms with van der Waals surface area (Å²) in [6.45, 7) is 4.28. The molecule has 0 saturated carbocycles. The molecule has 0 fully saturated rings. The van der Waals surface area contributed by atoms with Gasteiger partial charge in [-0.2, -0.15) is 0 Å². The molecule has 0 saturated heterocycles. The fourth-order valence-corrected chi connectivity index (χ4v) is 2.31. The van der Waals surface area contributed by atoms with Crippen molar-refractivity contribution in [3.8, 4) is 0 Å². The highest BCUT2D eigenvalue weighted by Gasteiger charge is 2.06. The number of hydrogen-bond donors (Lipinski definition) is 3. The molecule has 3 N–H and O–H groups in total. The molecule has 1 heterocycles. The highest BCUT2D eigenvalue weighted by Crippen LogP contribution is 2.19. The van der Waals surface area contributed by atoms with Crippen molar-refractivity contribution in [3.05, 3.63) is 48.2 Å². The molecular formula is C19H24N4O2. The summed E-state index contributed by atoms with van der Waals surface area (Å²) in [5.74, 6) is 0.398. The van der Waals surface area contributed by atoms with Gasteiger partial charge in [0.2, 0.25) is 5.91 Å². The molecule has 0 aliphatic heterocycles. The van der Waals surface area contributed by atoms with E-state index < -0.39 is 0 Å². The predicted octanol–water partition coefficient (Wildman–Crippen LogP) is 3.70. The van der Waals surface area contributed by atoms with Crippen LogP contribution in [0.4, 0.5) is 17.2 Å². The number of nitrogens with zero attached hydrogens (tertiary/aromatic N) is 1. The zero-order valence-corrected chi connectivity index (χ0v) is 14.6. The number of aromatic nitrogens is 1. The van der Waals surface area contributed by atoms with Gasteiger partial charge in [0.1, 0.15) is 5.82 Å². The summed E-state index contributed by atoms with van der Waals surface area (Å²) < 4.78 is 0. The van der Waals surface area contributed by atoms with E-state index in [1.54, 1.807) is 18.3 Å². The number of rotatable bonds is 8. The summed E-state index contributed by atoms with van der Waals surface area (Å²) in [5.41, 5.74) is 2.05. The molecule has 2 amide bonds. The molecule has 6 nitrogen and oxygen atoms in total. The first kappa shape index (κ1) is 18.4. The van der Waals surface area contributed by atoms with Crippen LogP contribution in [0.3, 0.4) is 0 Å². The lowest BCUT2D eigenvalue weighted by Gasteiger charge is -2.09. The first-order valence-electron chi connectivity index (χ1n) is 8.47. The van der Waals surface area contributed by atoms with Crippen LogP contribution >= 0.6 is 0 Å². The molecule has 0 unspecified atom stereocenters. The Balaban J connectivity index is 1.94. The number of hydrogen-bond acceptors (Lipinski definition) is 4. The molecule has 0 atom stereocenters. The lowest BCUT2D eigenvalue weighted by atomic mass is 10.2. The quantitative estimate of drug-likeness (QED) is 0.640. The molecule has 0 radical (unpaired) electrons. The fraction of sp³-hybridized carbons (Fsp3) is 0.316. The Hall–Kier alpha value is -2.89. The third-order valence-corrected chi connectivity index (χ3v) is 3.55. The maximum absolute atomic E-state index is 12.0. The van der Waals surface area contributed by atoms with Gasteiger partial charge in [-0.05, 0) is 36.8 Å². The Bertz CT molecular complexity index is 714. The largest absolute Gasteiger partial charge is 0.352 e. The minimum absolute atomic E-state index is 0.109. The number of carbonyl (C=O) groups excluding carboxylic acids is 2. The van der Waals surface area contributed by atoms with Crippen LogP contribution < -0.4 is 16.0 Å². The van der Waals surface area contributed by atoms with E-state index in [0.29, 0.717) is 23.6 Å². The minimum Gasteiger partial charge on any atom is -0.352 e. The van der Waals surface area contributed by atoms with Gasteiger partial charge < -0.3 is 16.0 Å². The van der Waals surface area contributed by atoms with Crippen LogP contribution in [0.15, 0.2) is 42.6 Å². The van der Waals surface area contributed by atoms with Crippen molar-refractivity contribution in [1.82, 2.24) is 10.3 Å². The zero-order chi connectivity index (χ0) is 18.1. The lowest BCUT2D eigenvalue weighted by Crippen LogP contribution is -2.24. The molecule has 25 heavy (non-hydrogen) atoms. The first-order chi connectivity index (χ1) is 12.1. The average molecular weight is 340 g/mol. The molecule has 0 aliphatic rings. The van der Waals surface area contributed by atoms with E-state index >= 15 is 0 Å². The van der Waals surface area contributed by atoms with E-state index in [1.165, 1.54) is 6.92 Å². The van der Waals surface area contributed by atoms with Crippen LogP contribution in [0.5, 0.6) is 0 Å². The Kier molecular flexibility index (Phi) is 6.95. The van der Waals surface area contributed by atoms with E-state index in [0.717, 1.165) is 24.9 Å². The minimum atomic E-state index is -0.121. The van der Waals surface area contributed by atoms with Crippen LogP contribution in [0.25, 0.3) is 0 Å². The summed E-state index contributed by atoms with van der Waals surface area (Å²) in [6.07, 6.45) is 4.77.